The van der Waals surface area contributed by atoms with Crippen LogP contribution in [-0.4, -0.2) is 16.8 Å². The van der Waals surface area contributed by atoms with E-state index >= 15 is 0 Å². The van der Waals surface area contributed by atoms with Gasteiger partial charge in [0, 0.05) is 22.8 Å². The van der Waals surface area contributed by atoms with Gasteiger partial charge >= 0.3 is 0 Å². The van der Waals surface area contributed by atoms with E-state index < -0.39 is 0 Å². The topological polar surface area (TPSA) is 96.3 Å². The summed E-state index contributed by atoms with van der Waals surface area (Å²) in [5, 5.41) is 11.3. The molecule has 33 heavy (non-hydrogen) atoms. The number of hydrogen-bond acceptors (Lipinski definition) is 6. The molecule has 2 heterocycles. The summed E-state index contributed by atoms with van der Waals surface area (Å²) in [6.45, 7) is 3.82. The van der Waals surface area contributed by atoms with Gasteiger partial charge in [-0.25, -0.2) is 4.98 Å². The zero-order chi connectivity index (χ0) is 23.2. The molecule has 3 N–H and O–H groups in total. The minimum atomic E-state index is -0.290. The number of thiazole rings is 1. The Kier molecular flexibility index (Phi) is 6.85. The Morgan fingerprint density at radius 1 is 1.00 bits per heavy atom. The van der Waals surface area contributed by atoms with Crippen LogP contribution in [0.5, 0.6) is 0 Å². The lowest BCUT2D eigenvalue weighted by Crippen LogP contribution is -2.15. The molecular weight excluding hydrogens is 436 g/mol. The van der Waals surface area contributed by atoms with E-state index in [1.807, 2.05) is 42.5 Å². The summed E-state index contributed by atoms with van der Waals surface area (Å²) in [6, 6.07) is 19.6. The number of anilines is 3. The Morgan fingerprint density at radius 3 is 2.42 bits per heavy atom. The second kappa shape index (κ2) is 10.1. The fraction of sp³-hybridized carbons (Fsp3) is 0.160. The summed E-state index contributed by atoms with van der Waals surface area (Å²) in [7, 11) is 0. The van der Waals surface area contributed by atoms with Gasteiger partial charge in [0.25, 0.3) is 5.91 Å². The maximum Gasteiger partial charge on any atom is 0.260 e. The molecule has 0 fully saturated rings. The maximum absolute atomic E-state index is 12.4. The van der Waals surface area contributed by atoms with Crippen LogP contribution in [0.25, 0.3) is 0 Å². The van der Waals surface area contributed by atoms with Crippen molar-refractivity contribution in [2.45, 2.75) is 26.3 Å². The zero-order valence-electron chi connectivity index (χ0n) is 18.3. The van der Waals surface area contributed by atoms with Crippen LogP contribution in [0, 0.1) is 6.92 Å². The highest BCUT2D eigenvalue weighted by Crippen LogP contribution is 2.22. The summed E-state index contributed by atoms with van der Waals surface area (Å²) in [5.74, 6) is 0.0727. The highest BCUT2D eigenvalue weighted by atomic mass is 32.1. The Balaban J connectivity index is 1.28. The van der Waals surface area contributed by atoms with E-state index in [1.54, 1.807) is 18.4 Å². The number of carbonyl (C=O) groups is 2. The summed E-state index contributed by atoms with van der Waals surface area (Å²) < 4.78 is 5.15. The third-order valence-corrected chi connectivity index (χ3v) is 5.88. The molecule has 7 nitrogen and oxygen atoms in total. The lowest BCUT2D eigenvalue weighted by molar-refractivity contribution is -0.115. The molecule has 0 spiro atoms. The molecule has 1 atom stereocenters. The Morgan fingerprint density at radius 2 is 1.73 bits per heavy atom. The van der Waals surface area contributed by atoms with Crippen molar-refractivity contribution < 1.29 is 14.0 Å². The number of nitrogens with one attached hydrogen (secondary N) is 3. The van der Waals surface area contributed by atoms with Crippen molar-refractivity contribution in [3.05, 3.63) is 94.9 Å². The smallest absolute Gasteiger partial charge is 0.260 e. The molecule has 2 amide bonds. The molecule has 0 aliphatic carbocycles. The average molecular weight is 461 g/mol. The van der Waals surface area contributed by atoms with Crippen LogP contribution in [0.15, 0.2) is 76.7 Å². The first-order chi connectivity index (χ1) is 16.0. The monoisotopic (exact) mass is 460 g/mol. The van der Waals surface area contributed by atoms with E-state index in [9.17, 15) is 9.59 Å². The van der Waals surface area contributed by atoms with Crippen LogP contribution in [0.4, 0.5) is 16.5 Å². The van der Waals surface area contributed by atoms with Gasteiger partial charge in [0.05, 0.1) is 23.9 Å². The van der Waals surface area contributed by atoms with Crippen LogP contribution in [0.2, 0.25) is 0 Å². The van der Waals surface area contributed by atoms with Gasteiger partial charge in [0.15, 0.2) is 5.13 Å². The van der Waals surface area contributed by atoms with Gasteiger partial charge < -0.3 is 15.1 Å². The Hall–Kier alpha value is -3.91. The fourth-order valence-corrected chi connectivity index (χ4v) is 4.03. The molecule has 0 aliphatic rings. The van der Waals surface area contributed by atoms with Gasteiger partial charge in [0.1, 0.15) is 5.76 Å². The molecule has 168 valence electrons. The normalized spacial score (nSPS) is 11.6. The number of aromatic nitrogens is 1. The summed E-state index contributed by atoms with van der Waals surface area (Å²) in [5.41, 5.74) is 3.93. The van der Waals surface area contributed by atoms with Crippen LogP contribution in [0.3, 0.4) is 0 Å². The average Bonchev–Trinajstić information content (AvgIpc) is 3.44. The Bertz CT molecular complexity index is 1230. The third kappa shape index (κ3) is 5.87. The molecule has 4 aromatic rings. The molecule has 2 aromatic carbocycles. The standard InChI is InChI=1S/C25H24N4O3S/c1-16(18-6-4-3-5-7-18)26-19-8-10-20(11-9-19)27-23(30)14-21-15-33-25(28-21)29-24(31)22-12-13-32-17(22)2/h3-13,15-16,26H,14H2,1-2H3,(H,27,30)(H,28,29,31). The molecule has 1 unspecified atom stereocenters. The lowest BCUT2D eigenvalue weighted by atomic mass is 10.1. The number of hydrogen-bond donors (Lipinski definition) is 3. The van der Waals surface area contributed by atoms with Crippen molar-refractivity contribution in [2.75, 3.05) is 16.0 Å². The van der Waals surface area contributed by atoms with Gasteiger partial charge in [-0.2, -0.15) is 0 Å². The molecule has 0 saturated carbocycles. The zero-order valence-corrected chi connectivity index (χ0v) is 19.1. The quantitative estimate of drug-likeness (QED) is 0.316. The van der Waals surface area contributed by atoms with Crippen molar-refractivity contribution in [1.82, 2.24) is 4.98 Å². The summed E-state index contributed by atoms with van der Waals surface area (Å²) in [4.78, 5) is 29.0. The van der Waals surface area contributed by atoms with Gasteiger partial charge in [-0.15, -0.1) is 11.3 Å². The van der Waals surface area contributed by atoms with Crippen LogP contribution < -0.4 is 16.0 Å². The first kappa shape index (κ1) is 22.3. The summed E-state index contributed by atoms with van der Waals surface area (Å²) >= 11 is 1.27. The number of benzene rings is 2. The number of rotatable bonds is 8. The molecule has 0 bridgehead atoms. The van der Waals surface area contributed by atoms with E-state index in [0.29, 0.717) is 27.8 Å². The largest absolute Gasteiger partial charge is 0.469 e. The minimum Gasteiger partial charge on any atom is -0.469 e. The summed E-state index contributed by atoms with van der Waals surface area (Å²) in [6.07, 6.45) is 1.58. The molecule has 0 radical (unpaired) electrons. The molecule has 8 heteroatoms. The van der Waals surface area contributed by atoms with E-state index in [0.717, 1.165) is 5.69 Å². The van der Waals surface area contributed by atoms with Gasteiger partial charge in [0.2, 0.25) is 5.91 Å². The SMILES string of the molecule is Cc1occc1C(=O)Nc1nc(CC(=O)Nc2ccc(NC(C)c3ccccc3)cc2)cs1. The van der Waals surface area contributed by atoms with Crippen LogP contribution in [0.1, 0.15) is 40.3 Å². The van der Waals surface area contributed by atoms with E-state index in [2.05, 4.69) is 40.0 Å². The first-order valence-electron chi connectivity index (χ1n) is 10.5. The third-order valence-electron chi connectivity index (χ3n) is 5.07. The predicted octanol–water partition coefficient (Wildman–Crippen LogP) is 5.65. The lowest BCUT2D eigenvalue weighted by Gasteiger charge is -2.16. The van der Waals surface area contributed by atoms with Crippen molar-refractivity contribution in [3.63, 3.8) is 0 Å². The van der Waals surface area contributed by atoms with Crippen molar-refractivity contribution >= 4 is 39.7 Å². The highest BCUT2D eigenvalue weighted by Gasteiger charge is 2.14. The predicted molar refractivity (Wildman–Crippen MR) is 131 cm³/mol. The first-order valence-corrected chi connectivity index (χ1v) is 11.4. The minimum absolute atomic E-state index is 0.113. The number of nitrogens with zero attached hydrogens (tertiary/aromatic N) is 1. The molecule has 0 aliphatic heterocycles. The molecular formula is C25H24N4O3S. The van der Waals surface area contributed by atoms with Crippen LogP contribution >= 0.6 is 11.3 Å². The van der Waals surface area contributed by atoms with Crippen LogP contribution in [-0.2, 0) is 11.2 Å². The van der Waals surface area contributed by atoms with Gasteiger partial charge in [-0.3, -0.25) is 14.9 Å². The number of amides is 2. The maximum atomic E-state index is 12.4. The number of carbonyl (C=O) groups excluding carboxylic acids is 2. The van der Waals surface area contributed by atoms with Gasteiger partial charge in [-0.05, 0) is 49.7 Å². The van der Waals surface area contributed by atoms with Gasteiger partial charge in [-0.1, -0.05) is 30.3 Å². The van der Waals surface area contributed by atoms with Crippen molar-refractivity contribution in [3.8, 4) is 0 Å². The molecule has 2 aromatic heterocycles. The molecule has 0 saturated heterocycles. The van der Waals surface area contributed by atoms with E-state index in [-0.39, 0.29) is 24.3 Å². The van der Waals surface area contributed by atoms with E-state index in [4.69, 9.17) is 4.42 Å². The fourth-order valence-electron chi connectivity index (χ4n) is 3.33. The highest BCUT2D eigenvalue weighted by molar-refractivity contribution is 7.14. The second-order valence-corrected chi connectivity index (χ2v) is 8.43. The van der Waals surface area contributed by atoms with E-state index in [1.165, 1.54) is 23.2 Å². The molecule has 4 rings (SSSR count). The second-order valence-electron chi connectivity index (χ2n) is 7.57. The van der Waals surface area contributed by atoms with Crippen molar-refractivity contribution in [1.29, 1.82) is 0 Å². The Labute approximate surface area is 195 Å². The van der Waals surface area contributed by atoms with Crippen molar-refractivity contribution in [2.24, 2.45) is 0 Å². The number of furan rings is 1. The number of aryl methyl sites for hydroxylation is 1.